The molecule has 0 atom stereocenters. The molecule has 1 aromatic heterocycles. The van der Waals surface area contributed by atoms with Crippen LogP contribution >= 0.6 is 23.2 Å². The lowest BCUT2D eigenvalue weighted by molar-refractivity contribution is 0.0984. The third-order valence-corrected chi connectivity index (χ3v) is 4.77. The zero-order valence-electron chi connectivity index (χ0n) is 13.6. The van der Waals surface area contributed by atoms with Crippen LogP contribution in [0.15, 0.2) is 54.9 Å². The van der Waals surface area contributed by atoms with E-state index in [-0.39, 0.29) is 5.91 Å². The van der Waals surface area contributed by atoms with E-state index < -0.39 is 0 Å². The zero-order valence-corrected chi connectivity index (χ0v) is 15.1. The smallest absolute Gasteiger partial charge is 0.277 e. The summed E-state index contributed by atoms with van der Waals surface area (Å²) >= 11 is 12.2. The lowest BCUT2D eigenvalue weighted by atomic mass is 10.2. The van der Waals surface area contributed by atoms with Crippen LogP contribution in [0.4, 0.5) is 17.2 Å². The molecule has 1 aliphatic heterocycles. The number of halogens is 2. The van der Waals surface area contributed by atoms with Crippen LogP contribution in [0.1, 0.15) is 16.1 Å². The highest BCUT2D eigenvalue weighted by molar-refractivity contribution is 6.35. The fraction of sp³-hybridized carbons (Fsp3) is 0.105. The molecule has 5 nitrogen and oxygen atoms in total. The SMILES string of the molecule is O=C(c1cc(Nc2cc(Cl)ccc2Cl)ncn1)N1CCc2ccccc21. The number of aromatic nitrogens is 2. The van der Waals surface area contributed by atoms with Gasteiger partial charge in [0, 0.05) is 23.3 Å². The predicted octanol–water partition coefficient (Wildman–Crippen LogP) is 4.73. The van der Waals surface area contributed by atoms with E-state index >= 15 is 0 Å². The zero-order chi connectivity index (χ0) is 18.1. The number of hydrogen-bond donors (Lipinski definition) is 1. The monoisotopic (exact) mass is 384 g/mol. The summed E-state index contributed by atoms with van der Waals surface area (Å²) in [5.41, 5.74) is 3.03. The number of fused-ring (bicyclic) bond motifs is 1. The molecule has 0 aliphatic carbocycles. The summed E-state index contributed by atoms with van der Waals surface area (Å²) in [6.07, 6.45) is 2.20. The molecule has 1 N–H and O–H groups in total. The Morgan fingerprint density at radius 1 is 1.08 bits per heavy atom. The minimum absolute atomic E-state index is 0.155. The minimum atomic E-state index is -0.155. The Morgan fingerprint density at radius 3 is 2.81 bits per heavy atom. The van der Waals surface area contributed by atoms with Crippen LogP contribution in [-0.2, 0) is 6.42 Å². The van der Waals surface area contributed by atoms with Crippen LogP contribution < -0.4 is 10.2 Å². The van der Waals surface area contributed by atoms with Crippen molar-refractivity contribution in [1.29, 1.82) is 0 Å². The fourth-order valence-electron chi connectivity index (χ4n) is 2.96. The second-order valence-corrected chi connectivity index (χ2v) is 6.72. The van der Waals surface area contributed by atoms with Gasteiger partial charge in [-0.25, -0.2) is 9.97 Å². The van der Waals surface area contributed by atoms with E-state index in [9.17, 15) is 4.79 Å². The number of benzene rings is 2. The molecule has 3 aromatic rings. The van der Waals surface area contributed by atoms with Crippen molar-refractivity contribution in [3.8, 4) is 0 Å². The number of hydrogen-bond acceptors (Lipinski definition) is 4. The molecule has 0 spiro atoms. The van der Waals surface area contributed by atoms with Crippen LogP contribution in [0.25, 0.3) is 0 Å². The van der Waals surface area contributed by atoms with Gasteiger partial charge in [0.2, 0.25) is 0 Å². The number of carbonyl (C=O) groups excluding carboxylic acids is 1. The largest absolute Gasteiger partial charge is 0.339 e. The standard InChI is InChI=1S/C19H14Cl2N4O/c20-13-5-6-14(21)15(9-13)24-18-10-16(22-11-23-18)19(26)25-8-7-12-3-1-2-4-17(12)25/h1-6,9-11H,7-8H2,(H,22,23,24). The second-order valence-electron chi connectivity index (χ2n) is 5.87. The third kappa shape index (κ3) is 3.23. The number of para-hydroxylation sites is 1. The molecule has 1 amide bonds. The molecule has 1 aliphatic rings. The molecule has 0 unspecified atom stereocenters. The quantitative estimate of drug-likeness (QED) is 0.708. The maximum atomic E-state index is 12.9. The van der Waals surface area contributed by atoms with Gasteiger partial charge in [0.1, 0.15) is 17.8 Å². The summed E-state index contributed by atoms with van der Waals surface area (Å²) < 4.78 is 0. The van der Waals surface area contributed by atoms with E-state index in [1.807, 2.05) is 24.3 Å². The Hall–Kier alpha value is -2.63. The number of anilines is 3. The summed E-state index contributed by atoms with van der Waals surface area (Å²) in [5.74, 6) is 0.317. The Morgan fingerprint density at radius 2 is 1.92 bits per heavy atom. The molecule has 0 bridgehead atoms. The highest BCUT2D eigenvalue weighted by atomic mass is 35.5. The number of rotatable bonds is 3. The molecule has 130 valence electrons. The number of nitrogens with zero attached hydrogens (tertiary/aromatic N) is 3. The lowest BCUT2D eigenvalue weighted by Crippen LogP contribution is -2.29. The molecule has 26 heavy (non-hydrogen) atoms. The molecule has 0 saturated heterocycles. The van der Waals surface area contributed by atoms with Crippen molar-refractivity contribution >= 4 is 46.3 Å². The van der Waals surface area contributed by atoms with Crippen molar-refractivity contribution in [1.82, 2.24) is 9.97 Å². The van der Waals surface area contributed by atoms with E-state index in [2.05, 4.69) is 15.3 Å². The van der Waals surface area contributed by atoms with Crippen molar-refractivity contribution < 1.29 is 4.79 Å². The van der Waals surface area contributed by atoms with Crippen LogP contribution in [0.5, 0.6) is 0 Å². The van der Waals surface area contributed by atoms with Crippen LogP contribution in [-0.4, -0.2) is 22.4 Å². The first-order chi connectivity index (χ1) is 12.6. The van der Waals surface area contributed by atoms with E-state index in [4.69, 9.17) is 23.2 Å². The van der Waals surface area contributed by atoms with Gasteiger partial charge in [0.15, 0.2) is 0 Å². The average molecular weight is 385 g/mol. The Labute approximate surface area is 160 Å². The summed E-state index contributed by atoms with van der Waals surface area (Å²) in [5, 5.41) is 4.14. The van der Waals surface area contributed by atoms with Crippen molar-refractivity contribution in [3.05, 3.63) is 76.2 Å². The average Bonchev–Trinajstić information content (AvgIpc) is 3.08. The van der Waals surface area contributed by atoms with Crippen molar-refractivity contribution in [2.75, 3.05) is 16.8 Å². The first-order valence-electron chi connectivity index (χ1n) is 8.06. The molecule has 4 rings (SSSR count). The van der Waals surface area contributed by atoms with Gasteiger partial charge in [-0.3, -0.25) is 4.79 Å². The van der Waals surface area contributed by atoms with Gasteiger partial charge >= 0.3 is 0 Å². The molecule has 7 heteroatoms. The van der Waals surface area contributed by atoms with E-state index in [0.29, 0.717) is 33.8 Å². The van der Waals surface area contributed by atoms with Gasteiger partial charge in [0.25, 0.3) is 5.91 Å². The molecule has 0 saturated carbocycles. The summed E-state index contributed by atoms with van der Waals surface area (Å²) in [4.78, 5) is 22.9. The maximum Gasteiger partial charge on any atom is 0.277 e. The first-order valence-corrected chi connectivity index (χ1v) is 8.81. The van der Waals surface area contributed by atoms with E-state index in [0.717, 1.165) is 12.1 Å². The van der Waals surface area contributed by atoms with Crippen molar-refractivity contribution in [3.63, 3.8) is 0 Å². The van der Waals surface area contributed by atoms with Crippen LogP contribution in [0, 0.1) is 0 Å². The fourth-order valence-corrected chi connectivity index (χ4v) is 3.30. The number of nitrogens with one attached hydrogen (secondary N) is 1. The van der Waals surface area contributed by atoms with Gasteiger partial charge in [-0.2, -0.15) is 0 Å². The highest BCUT2D eigenvalue weighted by Gasteiger charge is 2.26. The molecule has 2 aromatic carbocycles. The topological polar surface area (TPSA) is 58.1 Å². The third-order valence-electron chi connectivity index (χ3n) is 4.21. The molecule has 0 fully saturated rings. The lowest BCUT2D eigenvalue weighted by Gasteiger charge is -2.17. The van der Waals surface area contributed by atoms with Gasteiger partial charge in [-0.1, -0.05) is 41.4 Å². The van der Waals surface area contributed by atoms with Gasteiger partial charge in [-0.15, -0.1) is 0 Å². The van der Waals surface area contributed by atoms with E-state index in [1.54, 1.807) is 29.2 Å². The van der Waals surface area contributed by atoms with Crippen molar-refractivity contribution in [2.45, 2.75) is 6.42 Å². The summed E-state index contributed by atoms with van der Waals surface area (Å²) in [7, 11) is 0. The molecule has 0 radical (unpaired) electrons. The number of amides is 1. The Kier molecular flexibility index (Phi) is 4.49. The van der Waals surface area contributed by atoms with E-state index in [1.165, 1.54) is 11.9 Å². The summed E-state index contributed by atoms with van der Waals surface area (Å²) in [6.45, 7) is 0.644. The predicted molar refractivity (Wildman–Crippen MR) is 104 cm³/mol. The van der Waals surface area contributed by atoms with Crippen molar-refractivity contribution in [2.24, 2.45) is 0 Å². The highest BCUT2D eigenvalue weighted by Crippen LogP contribution is 2.30. The van der Waals surface area contributed by atoms with Gasteiger partial charge in [0.05, 0.1) is 10.7 Å². The van der Waals surface area contributed by atoms with Gasteiger partial charge < -0.3 is 10.2 Å². The Balaban J connectivity index is 1.60. The van der Waals surface area contributed by atoms with Gasteiger partial charge in [-0.05, 0) is 36.2 Å². The molecular weight excluding hydrogens is 371 g/mol. The Bertz CT molecular complexity index is 993. The van der Waals surface area contributed by atoms with Crippen LogP contribution in [0.2, 0.25) is 10.0 Å². The maximum absolute atomic E-state index is 12.9. The summed E-state index contributed by atoms with van der Waals surface area (Å²) in [6, 6.07) is 14.6. The molecule has 2 heterocycles. The first kappa shape index (κ1) is 16.8. The minimum Gasteiger partial charge on any atom is -0.339 e. The normalized spacial score (nSPS) is 12.8. The second kappa shape index (κ2) is 6.94. The van der Waals surface area contributed by atoms with Crippen LogP contribution in [0.3, 0.4) is 0 Å². The molecular formula is C19H14Cl2N4O. The number of carbonyl (C=O) groups is 1.